The molecule has 1 heterocycles. The Balaban J connectivity index is 1.89. The van der Waals surface area contributed by atoms with Gasteiger partial charge in [-0.25, -0.2) is 0 Å². The van der Waals surface area contributed by atoms with Gasteiger partial charge in [0.05, 0.1) is 6.04 Å². The Labute approximate surface area is 130 Å². The van der Waals surface area contributed by atoms with Crippen LogP contribution in [-0.4, -0.2) is 11.9 Å². The fourth-order valence-corrected chi connectivity index (χ4v) is 2.89. The van der Waals surface area contributed by atoms with E-state index in [1.807, 2.05) is 42.6 Å². The largest absolute Gasteiger partial charge is 0.325 e. The molecule has 1 aromatic carbocycles. The van der Waals surface area contributed by atoms with Gasteiger partial charge in [0.15, 0.2) is 0 Å². The molecule has 0 fully saturated rings. The summed E-state index contributed by atoms with van der Waals surface area (Å²) in [6.07, 6.45) is 1.00. The third-order valence-corrected chi connectivity index (χ3v) is 4.55. The highest BCUT2D eigenvalue weighted by molar-refractivity contribution is 7.10. The van der Waals surface area contributed by atoms with Crippen LogP contribution in [0.25, 0.3) is 0 Å². The summed E-state index contributed by atoms with van der Waals surface area (Å²) in [5, 5.41) is 8.32. The molecule has 2 rings (SSSR count). The number of carbonyl (C=O) groups excluding carboxylic acids is 1. The fraction of sp³-hybridized carbons (Fsp3) is 0.353. The van der Waals surface area contributed by atoms with Crippen molar-refractivity contribution in [1.82, 2.24) is 5.32 Å². The molecular formula is C17H22N2OS. The van der Waals surface area contributed by atoms with E-state index in [0.717, 1.165) is 12.1 Å². The van der Waals surface area contributed by atoms with Gasteiger partial charge in [0.25, 0.3) is 0 Å². The summed E-state index contributed by atoms with van der Waals surface area (Å²) in [5.74, 6) is -0.0114. The van der Waals surface area contributed by atoms with Crippen LogP contribution in [0.1, 0.15) is 37.3 Å². The first-order valence-corrected chi connectivity index (χ1v) is 8.17. The van der Waals surface area contributed by atoms with Crippen LogP contribution >= 0.6 is 11.3 Å². The van der Waals surface area contributed by atoms with Gasteiger partial charge in [0.2, 0.25) is 5.91 Å². The molecule has 0 aliphatic heterocycles. The van der Waals surface area contributed by atoms with Gasteiger partial charge < -0.3 is 5.32 Å². The molecule has 2 atom stereocenters. The first-order chi connectivity index (χ1) is 10.1. The molecule has 1 amide bonds. The zero-order valence-corrected chi connectivity index (χ0v) is 13.5. The number of thiophene rings is 1. The van der Waals surface area contributed by atoms with E-state index in [1.54, 1.807) is 11.3 Å². The number of nitrogens with one attached hydrogen (secondary N) is 2. The summed E-state index contributed by atoms with van der Waals surface area (Å²) < 4.78 is 0. The normalized spacial score (nSPS) is 13.7. The topological polar surface area (TPSA) is 41.1 Å². The van der Waals surface area contributed by atoms with E-state index < -0.39 is 0 Å². The van der Waals surface area contributed by atoms with Gasteiger partial charge in [0, 0.05) is 16.6 Å². The average Bonchev–Trinajstić information content (AvgIpc) is 3.02. The second-order valence-corrected chi connectivity index (χ2v) is 6.14. The molecule has 0 spiro atoms. The lowest BCUT2D eigenvalue weighted by molar-refractivity contribution is -0.117. The highest BCUT2D eigenvalue weighted by Crippen LogP contribution is 2.19. The summed E-state index contributed by atoms with van der Waals surface area (Å²) in [6, 6.07) is 12.0. The molecule has 21 heavy (non-hydrogen) atoms. The zero-order valence-electron chi connectivity index (χ0n) is 12.7. The van der Waals surface area contributed by atoms with Gasteiger partial charge >= 0.3 is 0 Å². The summed E-state index contributed by atoms with van der Waals surface area (Å²) in [5.41, 5.74) is 2.11. The first kappa shape index (κ1) is 15.7. The number of hydrogen-bond acceptors (Lipinski definition) is 3. The second-order valence-electron chi connectivity index (χ2n) is 5.17. The number of hydrogen-bond donors (Lipinski definition) is 2. The van der Waals surface area contributed by atoms with Crippen molar-refractivity contribution in [3.05, 3.63) is 52.2 Å². The standard InChI is InChI=1S/C17H22N2OS/c1-4-14-7-9-15(10-8-14)19-17(20)13(3)18-12(2)16-6-5-11-21-16/h5-13,18H,4H2,1-3H3,(H,19,20)/t12-,13-/m0/s1. The molecule has 0 aliphatic carbocycles. The van der Waals surface area contributed by atoms with Crippen LogP contribution < -0.4 is 10.6 Å². The van der Waals surface area contributed by atoms with Crippen molar-refractivity contribution in [3.8, 4) is 0 Å². The number of rotatable bonds is 6. The van der Waals surface area contributed by atoms with Gasteiger partial charge in [-0.1, -0.05) is 25.1 Å². The molecule has 3 nitrogen and oxygen atoms in total. The maximum absolute atomic E-state index is 12.2. The van der Waals surface area contributed by atoms with Crippen LogP contribution in [0, 0.1) is 0 Å². The van der Waals surface area contributed by atoms with Crippen molar-refractivity contribution in [3.63, 3.8) is 0 Å². The highest BCUT2D eigenvalue weighted by atomic mass is 32.1. The van der Waals surface area contributed by atoms with Crippen molar-refractivity contribution in [2.24, 2.45) is 0 Å². The number of carbonyl (C=O) groups is 1. The van der Waals surface area contributed by atoms with Gasteiger partial charge in [-0.15, -0.1) is 11.3 Å². The van der Waals surface area contributed by atoms with Crippen molar-refractivity contribution >= 4 is 22.9 Å². The van der Waals surface area contributed by atoms with E-state index in [1.165, 1.54) is 10.4 Å². The van der Waals surface area contributed by atoms with E-state index in [2.05, 4.69) is 30.5 Å². The van der Waals surface area contributed by atoms with Crippen molar-refractivity contribution in [1.29, 1.82) is 0 Å². The molecule has 0 saturated carbocycles. The van der Waals surface area contributed by atoms with Crippen molar-refractivity contribution < 1.29 is 4.79 Å². The minimum atomic E-state index is -0.243. The number of amides is 1. The van der Waals surface area contributed by atoms with Gasteiger partial charge in [0.1, 0.15) is 0 Å². The van der Waals surface area contributed by atoms with Gasteiger partial charge in [-0.2, -0.15) is 0 Å². The fourth-order valence-electron chi connectivity index (χ4n) is 2.14. The van der Waals surface area contributed by atoms with Crippen LogP contribution in [0.3, 0.4) is 0 Å². The lowest BCUT2D eigenvalue weighted by atomic mass is 10.1. The Hall–Kier alpha value is -1.65. The van der Waals surface area contributed by atoms with E-state index in [4.69, 9.17) is 0 Å². The van der Waals surface area contributed by atoms with E-state index in [9.17, 15) is 4.79 Å². The van der Waals surface area contributed by atoms with E-state index in [-0.39, 0.29) is 18.0 Å². The lowest BCUT2D eigenvalue weighted by Gasteiger charge is -2.18. The van der Waals surface area contributed by atoms with Crippen molar-refractivity contribution in [2.75, 3.05) is 5.32 Å². The van der Waals surface area contributed by atoms with Gasteiger partial charge in [-0.05, 0) is 49.4 Å². The van der Waals surface area contributed by atoms with Crippen LogP contribution in [-0.2, 0) is 11.2 Å². The monoisotopic (exact) mass is 302 g/mol. The van der Waals surface area contributed by atoms with E-state index in [0.29, 0.717) is 0 Å². The molecule has 1 aromatic heterocycles. The summed E-state index contributed by atoms with van der Waals surface area (Å²) >= 11 is 1.70. The smallest absolute Gasteiger partial charge is 0.241 e. The Kier molecular flexibility index (Phi) is 5.53. The van der Waals surface area contributed by atoms with Gasteiger partial charge in [-0.3, -0.25) is 10.1 Å². The Morgan fingerprint density at radius 3 is 2.48 bits per heavy atom. The first-order valence-electron chi connectivity index (χ1n) is 7.29. The maximum Gasteiger partial charge on any atom is 0.241 e. The summed E-state index contributed by atoms with van der Waals surface area (Å²) in [4.78, 5) is 13.4. The lowest BCUT2D eigenvalue weighted by Crippen LogP contribution is -2.39. The molecule has 4 heteroatoms. The minimum absolute atomic E-state index is 0.0114. The highest BCUT2D eigenvalue weighted by Gasteiger charge is 2.16. The SMILES string of the molecule is CCc1ccc(NC(=O)[C@H](C)N[C@@H](C)c2cccs2)cc1. The Bertz CT molecular complexity index is 563. The summed E-state index contributed by atoms with van der Waals surface area (Å²) in [6.45, 7) is 6.08. The molecule has 0 radical (unpaired) electrons. The number of aryl methyl sites for hydroxylation is 1. The van der Waals surface area contributed by atoms with Crippen LogP contribution in [0.5, 0.6) is 0 Å². The molecule has 0 aliphatic rings. The quantitative estimate of drug-likeness (QED) is 0.847. The molecule has 2 N–H and O–H groups in total. The molecule has 2 aromatic rings. The van der Waals surface area contributed by atoms with Crippen molar-refractivity contribution in [2.45, 2.75) is 39.3 Å². The molecule has 0 bridgehead atoms. The second kappa shape index (κ2) is 7.38. The Morgan fingerprint density at radius 1 is 1.19 bits per heavy atom. The molecule has 0 saturated heterocycles. The van der Waals surface area contributed by atoms with E-state index >= 15 is 0 Å². The maximum atomic E-state index is 12.2. The predicted molar refractivity (Wildman–Crippen MR) is 89.8 cm³/mol. The Morgan fingerprint density at radius 2 is 1.90 bits per heavy atom. The third-order valence-electron chi connectivity index (χ3n) is 3.49. The molecular weight excluding hydrogens is 280 g/mol. The average molecular weight is 302 g/mol. The van der Waals surface area contributed by atoms with Crippen LogP contribution in [0.4, 0.5) is 5.69 Å². The van der Waals surface area contributed by atoms with Crippen LogP contribution in [0.15, 0.2) is 41.8 Å². The van der Waals surface area contributed by atoms with Crippen LogP contribution in [0.2, 0.25) is 0 Å². The molecule has 112 valence electrons. The number of benzene rings is 1. The third kappa shape index (κ3) is 4.41. The summed E-state index contributed by atoms with van der Waals surface area (Å²) in [7, 11) is 0. The zero-order chi connectivity index (χ0) is 15.2. The number of anilines is 1. The minimum Gasteiger partial charge on any atom is -0.325 e. The molecule has 0 unspecified atom stereocenters. The predicted octanol–water partition coefficient (Wildman–Crippen LogP) is 3.99.